The number of carbonyl (C=O) groups excluding carboxylic acids is 2. The van der Waals surface area contributed by atoms with E-state index in [0.717, 1.165) is 12.8 Å². The molecule has 0 spiro atoms. The van der Waals surface area contributed by atoms with E-state index in [1.165, 1.54) is 0 Å². The summed E-state index contributed by atoms with van der Waals surface area (Å²) >= 11 is 0. The third-order valence-corrected chi connectivity index (χ3v) is 2.87. The Balaban J connectivity index is 2.05. The molecule has 5 heteroatoms. The van der Waals surface area contributed by atoms with E-state index in [2.05, 4.69) is 10.6 Å². The van der Waals surface area contributed by atoms with Gasteiger partial charge in [0.2, 0.25) is 11.8 Å². The van der Waals surface area contributed by atoms with Crippen molar-refractivity contribution in [3.63, 3.8) is 0 Å². The molecule has 0 bridgehead atoms. The Hall–Kier alpha value is -1.10. The second kappa shape index (κ2) is 5.84. The molecule has 5 nitrogen and oxygen atoms in total. The summed E-state index contributed by atoms with van der Waals surface area (Å²) in [5.41, 5.74) is 5.61. The van der Waals surface area contributed by atoms with Crippen molar-refractivity contribution in [1.82, 2.24) is 10.6 Å². The van der Waals surface area contributed by atoms with E-state index < -0.39 is 0 Å². The lowest BCUT2D eigenvalue weighted by atomic mass is 10.0. The summed E-state index contributed by atoms with van der Waals surface area (Å²) in [7, 11) is 0. The summed E-state index contributed by atoms with van der Waals surface area (Å²) in [5, 5.41) is 5.53. The topological polar surface area (TPSA) is 84.2 Å². The lowest BCUT2D eigenvalue weighted by Gasteiger charge is -2.15. The van der Waals surface area contributed by atoms with Gasteiger partial charge in [0, 0.05) is 31.0 Å². The summed E-state index contributed by atoms with van der Waals surface area (Å²) in [4.78, 5) is 22.7. The van der Waals surface area contributed by atoms with Crippen LogP contribution in [0.5, 0.6) is 0 Å². The molecule has 0 saturated heterocycles. The second-order valence-electron chi connectivity index (χ2n) is 4.50. The number of rotatable bonds is 6. The smallest absolute Gasteiger partial charge is 0.224 e. The van der Waals surface area contributed by atoms with Gasteiger partial charge in [-0.25, -0.2) is 0 Å². The Labute approximate surface area is 96.1 Å². The summed E-state index contributed by atoms with van der Waals surface area (Å²) < 4.78 is 0. The van der Waals surface area contributed by atoms with Crippen molar-refractivity contribution in [2.45, 2.75) is 32.7 Å². The van der Waals surface area contributed by atoms with Gasteiger partial charge in [-0.2, -0.15) is 0 Å². The first-order valence-electron chi connectivity index (χ1n) is 5.83. The molecule has 0 radical (unpaired) electrons. The summed E-state index contributed by atoms with van der Waals surface area (Å²) in [5.74, 6) is 0.0722. The van der Waals surface area contributed by atoms with E-state index in [1.807, 2.05) is 0 Å². The quantitative estimate of drug-likeness (QED) is 0.540. The van der Waals surface area contributed by atoms with Gasteiger partial charge in [0.25, 0.3) is 0 Å². The van der Waals surface area contributed by atoms with Gasteiger partial charge in [0.1, 0.15) is 0 Å². The van der Waals surface area contributed by atoms with E-state index in [4.69, 9.17) is 5.73 Å². The maximum absolute atomic E-state index is 11.5. The van der Waals surface area contributed by atoms with Crippen LogP contribution >= 0.6 is 0 Å². The van der Waals surface area contributed by atoms with Gasteiger partial charge in [-0.05, 0) is 19.8 Å². The monoisotopic (exact) mass is 227 g/mol. The van der Waals surface area contributed by atoms with Gasteiger partial charge >= 0.3 is 0 Å². The van der Waals surface area contributed by atoms with E-state index in [-0.39, 0.29) is 29.7 Å². The standard InChI is InChI=1S/C11H21N3O2/c1-7(8(2)12)10(15)13-5-6-14-11(16)9-3-4-9/h7-9H,3-6,12H2,1-2H3,(H,13,15)(H,14,16). The first-order chi connectivity index (χ1) is 7.52. The molecule has 16 heavy (non-hydrogen) atoms. The zero-order chi connectivity index (χ0) is 12.1. The molecule has 92 valence electrons. The number of nitrogens with two attached hydrogens (primary N) is 1. The fourth-order valence-corrected chi connectivity index (χ4v) is 1.26. The molecule has 0 heterocycles. The molecule has 1 aliphatic rings. The number of nitrogens with one attached hydrogen (secondary N) is 2. The molecule has 0 aliphatic heterocycles. The van der Waals surface area contributed by atoms with E-state index in [1.54, 1.807) is 13.8 Å². The molecule has 1 aliphatic carbocycles. The van der Waals surface area contributed by atoms with Crippen LogP contribution < -0.4 is 16.4 Å². The van der Waals surface area contributed by atoms with Crippen LogP contribution in [-0.2, 0) is 9.59 Å². The molecule has 0 aromatic carbocycles. The number of hydrogen-bond donors (Lipinski definition) is 3. The lowest BCUT2D eigenvalue weighted by Crippen LogP contribution is -2.41. The van der Waals surface area contributed by atoms with Gasteiger partial charge < -0.3 is 16.4 Å². The fraction of sp³-hybridized carbons (Fsp3) is 0.818. The van der Waals surface area contributed by atoms with Gasteiger partial charge in [0.05, 0.1) is 0 Å². The molecule has 1 rings (SSSR count). The SMILES string of the molecule is CC(N)C(C)C(=O)NCCNC(=O)C1CC1. The van der Waals surface area contributed by atoms with Crippen LogP contribution in [0.25, 0.3) is 0 Å². The molecule has 0 aromatic rings. The van der Waals surface area contributed by atoms with Gasteiger partial charge in [-0.15, -0.1) is 0 Å². The number of carbonyl (C=O) groups is 2. The number of hydrogen-bond acceptors (Lipinski definition) is 3. The third-order valence-electron chi connectivity index (χ3n) is 2.87. The van der Waals surface area contributed by atoms with E-state index in [0.29, 0.717) is 13.1 Å². The molecule has 2 amide bonds. The van der Waals surface area contributed by atoms with Crippen LogP contribution in [-0.4, -0.2) is 30.9 Å². The predicted molar refractivity (Wildman–Crippen MR) is 61.6 cm³/mol. The van der Waals surface area contributed by atoms with Crippen LogP contribution in [0.15, 0.2) is 0 Å². The lowest BCUT2D eigenvalue weighted by molar-refractivity contribution is -0.125. The second-order valence-corrected chi connectivity index (χ2v) is 4.50. The van der Waals surface area contributed by atoms with Crippen LogP contribution in [0.4, 0.5) is 0 Å². The van der Waals surface area contributed by atoms with E-state index >= 15 is 0 Å². The predicted octanol–water partition coefficient (Wildman–Crippen LogP) is -0.388. The van der Waals surface area contributed by atoms with Crippen LogP contribution in [0.2, 0.25) is 0 Å². The molecule has 2 atom stereocenters. The minimum absolute atomic E-state index is 0.0596. The first kappa shape index (κ1) is 13.0. The molecular weight excluding hydrogens is 206 g/mol. The number of amides is 2. The minimum Gasteiger partial charge on any atom is -0.354 e. The van der Waals surface area contributed by atoms with Gasteiger partial charge in [0.15, 0.2) is 0 Å². The van der Waals surface area contributed by atoms with Crippen molar-refractivity contribution in [1.29, 1.82) is 0 Å². The first-order valence-corrected chi connectivity index (χ1v) is 5.83. The summed E-state index contributed by atoms with van der Waals surface area (Å²) in [6, 6.07) is -0.152. The molecular formula is C11H21N3O2. The van der Waals surface area contributed by atoms with Crippen molar-refractivity contribution in [2.75, 3.05) is 13.1 Å². The Morgan fingerprint density at radius 2 is 1.81 bits per heavy atom. The zero-order valence-electron chi connectivity index (χ0n) is 9.95. The normalized spacial score (nSPS) is 18.7. The molecule has 1 saturated carbocycles. The molecule has 4 N–H and O–H groups in total. The van der Waals surface area contributed by atoms with Crippen molar-refractivity contribution in [3.8, 4) is 0 Å². The molecule has 1 fully saturated rings. The highest BCUT2D eigenvalue weighted by atomic mass is 16.2. The van der Waals surface area contributed by atoms with Gasteiger partial charge in [-0.1, -0.05) is 6.92 Å². The van der Waals surface area contributed by atoms with Crippen molar-refractivity contribution in [2.24, 2.45) is 17.6 Å². The molecule has 0 aromatic heterocycles. The Bertz CT molecular complexity index is 262. The Morgan fingerprint density at radius 1 is 1.25 bits per heavy atom. The van der Waals surface area contributed by atoms with Crippen molar-refractivity contribution < 1.29 is 9.59 Å². The summed E-state index contributed by atoms with van der Waals surface area (Å²) in [6.07, 6.45) is 2.00. The van der Waals surface area contributed by atoms with Crippen LogP contribution in [0.3, 0.4) is 0 Å². The van der Waals surface area contributed by atoms with Crippen molar-refractivity contribution in [3.05, 3.63) is 0 Å². The Morgan fingerprint density at radius 3 is 2.31 bits per heavy atom. The highest BCUT2D eigenvalue weighted by molar-refractivity contribution is 5.81. The maximum atomic E-state index is 11.5. The summed E-state index contributed by atoms with van der Waals surface area (Å²) in [6.45, 7) is 4.56. The third kappa shape index (κ3) is 4.18. The Kier molecular flexibility index (Phi) is 4.73. The maximum Gasteiger partial charge on any atom is 0.224 e. The largest absolute Gasteiger partial charge is 0.354 e. The van der Waals surface area contributed by atoms with Gasteiger partial charge in [-0.3, -0.25) is 9.59 Å². The average Bonchev–Trinajstić information content (AvgIpc) is 3.05. The van der Waals surface area contributed by atoms with Crippen LogP contribution in [0, 0.1) is 11.8 Å². The highest BCUT2D eigenvalue weighted by Crippen LogP contribution is 2.28. The van der Waals surface area contributed by atoms with Crippen LogP contribution in [0.1, 0.15) is 26.7 Å². The minimum atomic E-state index is -0.195. The molecule has 2 unspecified atom stereocenters. The fourth-order valence-electron chi connectivity index (χ4n) is 1.26. The van der Waals surface area contributed by atoms with E-state index in [9.17, 15) is 9.59 Å². The zero-order valence-corrected chi connectivity index (χ0v) is 9.95. The average molecular weight is 227 g/mol. The highest BCUT2D eigenvalue weighted by Gasteiger charge is 2.29. The van der Waals surface area contributed by atoms with Crippen molar-refractivity contribution >= 4 is 11.8 Å².